The number of aromatic nitrogens is 2. The molecule has 0 aliphatic carbocycles. The van der Waals surface area contributed by atoms with E-state index in [-0.39, 0.29) is 18.4 Å². The molecule has 194 valence electrons. The van der Waals surface area contributed by atoms with Crippen LogP contribution in [-0.2, 0) is 10.3 Å². The lowest BCUT2D eigenvalue weighted by molar-refractivity contribution is -0.118. The molecule has 0 unspecified atom stereocenters. The van der Waals surface area contributed by atoms with Gasteiger partial charge in [-0.3, -0.25) is 9.48 Å². The number of hydrogen-bond donors (Lipinski definition) is 3. The predicted octanol–water partition coefficient (Wildman–Crippen LogP) is 5.22. The minimum Gasteiger partial charge on any atom is -0.394 e. The van der Waals surface area contributed by atoms with E-state index in [4.69, 9.17) is 5.26 Å². The third kappa shape index (κ3) is 6.35. The number of amides is 1. The Hall–Kier alpha value is -4.25. The molecule has 0 fully saturated rings. The Morgan fingerprint density at radius 3 is 2.32 bits per heavy atom. The third-order valence-electron chi connectivity index (χ3n) is 6.71. The van der Waals surface area contributed by atoms with Crippen molar-refractivity contribution in [1.29, 1.82) is 5.26 Å². The van der Waals surface area contributed by atoms with Gasteiger partial charge in [-0.1, -0.05) is 61.5 Å². The van der Waals surface area contributed by atoms with Gasteiger partial charge in [0, 0.05) is 24.0 Å². The minimum atomic E-state index is -0.532. The fourth-order valence-corrected chi connectivity index (χ4v) is 4.14. The molecule has 38 heavy (non-hydrogen) atoms. The quantitative estimate of drug-likeness (QED) is 0.273. The van der Waals surface area contributed by atoms with Crippen LogP contribution in [0.1, 0.15) is 49.4 Å². The summed E-state index contributed by atoms with van der Waals surface area (Å²) in [5.41, 5.74) is 4.73. The SMILES string of the molecule is C[C@@H](CN[C@H](C(=O)Nc1ccc(-c2cnn(C(C)(C)CO)c2)cc1)c1ccccc1)c1ccc(C#N)cc1. The zero-order valence-corrected chi connectivity index (χ0v) is 21.9. The second-order valence-electron chi connectivity index (χ2n) is 10.1. The minimum absolute atomic E-state index is 0.0119. The molecular weight excluding hydrogens is 474 g/mol. The largest absolute Gasteiger partial charge is 0.394 e. The number of aliphatic hydroxyl groups is 1. The Bertz CT molecular complexity index is 1390. The van der Waals surface area contributed by atoms with Gasteiger partial charge in [0.05, 0.1) is 30.0 Å². The number of benzene rings is 3. The molecular formula is C31H33N5O2. The lowest BCUT2D eigenvalue weighted by atomic mass is 9.98. The van der Waals surface area contributed by atoms with Crippen molar-refractivity contribution in [1.82, 2.24) is 15.1 Å². The van der Waals surface area contributed by atoms with Crippen LogP contribution in [0.4, 0.5) is 5.69 Å². The number of carbonyl (C=O) groups excluding carboxylic acids is 1. The Morgan fingerprint density at radius 2 is 1.68 bits per heavy atom. The van der Waals surface area contributed by atoms with Gasteiger partial charge >= 0.3 is 0 Å². The molecule has 0 aliphatic rings. The number of nitrogens with one attached hydrogen (secondary N) is 2. The smallest absolute Gasteiger partial charge is 0.246 e. The first-order valence-corrected chi connectivity index (χ1v) is 12.7. The van der Waals surface area contributed by atoms with E-state index in [0.717, 1.165) is 22.3 Å². The lowest BCUT2D eigenvalue weighted by Gasteiger charge is -2.22. The van der Waals surface area contributed by atoms with Gasteiger partial charge in [0.25, 0.3) is 0 Å². The summed E-state index contributed by atoms with van der Waals surface area (Å²) in [7, 11) is 0. The molecule has 0 saturated heterocycles. The van der Waals surface area contributed by atoms with E-state index in [0.29, 0.717) is 17.8 Å². The van der Waals surface area contributed by atoms with E-state index in [2.05, 4.69) is 28.7 Å². The maximum atomic E-state index is 13.4. The van der Waals surface area contributed by atoms with Crippen LogP contribution in [0.2, 0.25) is 0 Å². The molecule has 1 amide bonds. The summed E-state index contributed by atoms with van der Waals surface area (Å²) in [6.07, 6.45) is 3.68. The third-order valence-corrected chi connectivity index (χ3v) is 6.71. The van der Waals surface area contributed by atoms with Crippen LogP contribution in [0.15, 0.2) is 91.3 Å². The van der Waals surface area contributed by atoms with Crippen LogP contribution in [-0.4, -0.2) is 33.9 Å². The molecule has 7 heteroatoms. The Kier molecular flexibility index (Phi) is 8.37. The highest BCUT2D eigenvalue weighted by Gasteiger charge is 2.22. The highest BCUT2D eigenvalue weighted by molar-refractivity contribution is 5.95. The molecule has 7 nitrogen and oxygen atoms in total. The topological polar surface area (TPSA) is 103 Å². The summed E-state index contributed by atoms with van der Waals surface area (Å²) in [4.78, 5) is 13.4. The van der Waals surface area contributed by atoms with Crippen molar-refractivity contribution in [2.24, 2.45) is 0 Å². The number of nitriles is 1. The van der Waals surface area contributed by atoms with Crippen molar-refractivity contribution < 1.29 is 9.90 Å². The summed E-state index contributed by atoms with van der Waals surface area (Å²) in [6.45, 7) is 6.51. The Morgan fingerprint density at radius 1 is 1.00 bits per heavy atom. The summed E-state index contributed by atoms with van der Waals surface area (Å²) < 4.78 is 1.76. The maximum Gasteiger partial charge on any atom is 0.246 e. The first kappa shape index (κ1) is 26.8. The van der Waals surface area contributed by atoms with Crippen LogP contribution in [0.5, 0.6) is 0 Å². The monoisotopic (exact) mass is 507 g/mol. The molecule has 0 radical (unpaired) electrons. The second-order valence-corrected chi connectivity index (χ2v) is 10.1. The van der Waals surface area contributed by atoms with Gasteiger partial charge in [0.15, 0.2) is 0 Å². The normalized spacial score (nSPS) is 12.9. The molecule has 1 heterocycles. The van der Waals surface area contributed by atoms with Crippen molar-refractivity contribution in [3.05, 3.63) is 108 Å². The van der Waals surface area contributed by atoms with Crippen LogP contribution < -0.4 is 10.6 Å². The van der Waals surface area contributed by atoms with Crippen LogP contribution in [0.25, 0.3) is 11.1 Å². The van der Waals surface area contributed by atoms with E-state index in [9.17, 15) is 9.90 Å². The predicted molar refractivity (Wildman–Crippen MR) is 149 cm³/mol. The fraction of sp³-hybridized carbons (Fsp3) is 0.258. The summed E-state index contributed by atoms with van der Waals surface area (Å²) in [6, 6.07) is 26.5. The van der Waals surface area contributed by atoms with Crippen molar-refractivity contribution in [2.45, 2.75) is 38.3 Å². The van der Waals surface area contributed by atoms with E-state index < -0.39 is 11.6 Å². The number of carbonyl (C=O) groups is 1. The fourth-order valence-electron chi connectivity index (χ4n) is 4.14. The van der Waals surface area contributed by atoms with Gasteiger partial charge in [0.2, 0.25) is 5.91 Å². The van der Waals surface area contributed by atoms with Gasteiger partial charge in [-0.15, -0.1) is 0 Å². The van der Waals surface area contributed by atoms with E-state index >= 15 is 0 Å². The molecule has 3 aromatic carbocycles. The summed E-state index contributed by atoms with van der Waals surface area (Å²) in [5.74, 6) is 0.00580. The molecule has 0 spiro atoms. The van der Waals surface area contributed by atoms with E-state index in [1.165, 1.54) is 0 Å². The van der Waals surface area contributed by atoms with Crippen molar-refractivity contribution in [2.75, 3.05) is 18.5 Å². The molecule has 2 atom stereocenters. The highest BCUT2D eigenvalue weighted by atomic mass is 16.3. The van der Waals surface area contributed by atoms with Gasteiger partial charge in [-0.2, -0.15) is 10.4 Å². The number of rotatable bonds is 10. The van der Waals surface area contributed by atoms with Gasteiger partial charge in [0.1, 0.15) is 6.04 Å². The van der Waals surface area contributed by atoms with E-state index in [1.807, 2.05) is 98.9 Å². The molecule has 0 bridgehead atoms. The average molecular weight is 508 g/mol. The Balaban J connectivity index is 1.45. The second kappa shape index (κ2) is 11.9. The molecule has 4 rings (SSSR count). The van der Waals surface area contributed by atoms with Crippen molar-refractivity contribution in [3.63, 3.8) is 0 Å². The van der Waals surface area contributed by atoms with Crippen LogP contribution >= 0.6 is 0 Å². The van der Waals surface area contributed by atoms with Gasteiger partial charge in [-0.25, -0.2) is 0 Å². The number of nitrogens with zero attached hydrogens (tertiary/aromatic N) is 3. The number of anilines is 1. The Labute approximate surface area is 223 Å². The first-order chi connectivity index (χ1) is 18.3. The zero-order valence-electron chi connectivity index (χ0n) is 21.9. The lowest BCUT2D eigenvalue weighted by Crippen LogP contribution is -2.35. The van der Waals surface area contributed by atoms with Crippen LogP contribution in [0, 0.1) is 11.3 Å². The maximum absolute atomic E-state index is 13.4. The van der Waals surface area contributed by atoms with Crippen molar-refractivity contribution >= 4 is 11.6 Å². The standard InChI is InChI=1S/C31H33N5O2/c1-22(24-11-9-23(17-32)10-12-24)18-33-29(26-7-5-4-6-8-26)30(38)35-28-15-13-25(14-16-28)27-19-34-36(20-27)31(2,3)21-37/h4-16,19-20,22,29,33,37H,18,21H2,1-3H3,(H,35,38)/t22-,29-/m0/s1. The summed E-state index contributed by atoms with van der Waals surface area (Å²) >= 11 is 0. The van der Waals surface area contributed by atoms with Crippen LogP contribution in [0.3, 0.4) is 0 Å². The molecule has 1 aromatic heterocycles. The number of hydrogen-bond acceptors (Lipinski definition) is 5. The molecule has 3 N–H and O–H groups in total. The molecule has 4 aromatic rings. The highest BCUT2D eigenvalue weighted by Crippen LogP contribution is 2.25. The summed E-state index contributed by atoms with van der Waals surface area (Å²) in [5, 5.41) is 29.5. The van der Waals surface area contributed by atoms with Gasteiger partial charge < -0.3 is 15.7 Å². The first-order valence-electron chi connectivity index (χ1n) is 12.7. The molecule has 0 aliphatic heterocycles. The zero-order chi connectivity index (χ0) is 27.1. The van der Waals surface area contributed by atoms with Gasteiger partial charge in [-0.05, 0) is 60.7 Å². The average Bonchev–Trinajstić information content (AvgIpc) is 3.45. The van der Waals surface area contributed by atoms with Crippen molar-refractivity contribution in [3.8, 4) is 17.2 Å². The molecule has 0 saturated carbocycles. The van der Waals surface area contributed by atoms with E-state index in [1.54, 1.807) is 10.9 Å². The number of aliphatic hydroxyl groups excluding tert-OH is 1.